The molecule has 8 rings (SSSR count). The summed E-state index contributed by atoms with van der Waals surface area (Å²) in [5, 5.41) is 19.1. The first-order valence-corrected chi connectivity index (χ1v) is 19.2. The molecule has 0 radical (unpaired) electrons. The number of carbonyl (C=O) groups excluding carboxylic acids is 4. The van der Waals surface area contributed by atoms with Crippen molar-refractivity contribution in [1.82, 2.24) is 15.5 Å². The number of ketones is 1. The number of phenols is 1. The lowest BCUT2D eigenvalue weighted by molar-refractivity contribution is -0.137. The van der Waals surface area contributed by atoms with E-state index in [-0.39, 0.29) is 55.0 Å². The number of ether oxygens (including phenoxy) is 2. The molecule has 4 N–H and O–H groups in total. The normalized spacial score (nSPS) is 23.0. The van der Waals surface area contributed by atoms with Crippen LogP contribution in [0.1, 0.15) is 82.1 Å². The van der Waals surface area contributed by atoms with Gasteiger partial charge in [-0.1, -0.05) is 48.5 Å². The number of phenolic OH excluding ortho intramolecular Hbond substituents is 1. The van der Waals surface area contributed by atoms with E-state index in [2.05, 4.69) is 64.5 Å². The van der Waals surface area contributed by atoms with Crippen LogP contribution < -0.4 is 25.4 Å². The second kappa shape index (κ2) is 15.6. The van der Waals surface area contributed by atoms with E-state index in [9.17, 15) is 24.3 Å². The molecule has 3 amide bonds. The quantitative estimate of drug-likeness (QED) is 0.104. The Bertz CT molecular complexity index is 2100. The van der Waals surface area contributed by atoms with Crippen LogP contribution in [-0.4, -0.2) is 72.4 Å². The van der Waals surface area contributed by atoms with Gasteiger partial charge < -0.3 is 30.1 Å². The highest BCUT2D eigenvalue weighted by molar-refractivity contribution is 6.06. The number of carbonyl (C=O) groups is 4. The van der Waals surface area contributed by atoms with Crippen molar-refractivity contribution in [1.29, 1.82) is 0 Å². The van der Waals surface area contributed by atoms with Crippen LogP contribution in [0.25, 0.3) is 0 Å². The molecule has 0 aromatic heterocycles. The Hall–Kier alpha value is -5.68. The van der Waals surface area contributed by atoms with Crippen molar-refractivity contribution in [2.45, 2.75) is 69.1 Å². The molecule has 0 bridgehead atoms. The molecule has 1 unspecified atom stereocenters. The Balaban J connectivity index is 0.794. The molecule has 55 heavy (non-hydrogen) atoms. The van der Waals surface area contributed by atoms with E-state index in [4.69, 9.17) is 9.47 Å². The van der Waals surface area contributed by atoms with Gasteiger partial charge in [-0.2, -0.15) is 0 Å². The summed E-state index contributed by atoms with van der Waals surface area (Å²) in [4.78, 5) is 51.7. The van der Waals surface area contributed by atoms with E-state index in [0.717, 1.165) is 29.8 Å². The number of piperidine rings is 1. The molecule has 1 saturated carbocycles. The zero-order chi connectivity index (χ0) is 38.1. The molecule has 11 heteroatoms. The predicted octanol–water partition coefficient (Wildman–Crippen LogP) is 5.45. The first-order valence-electron chi connectivity index (χ1n) is 19.2. The number of aromatic hydroxyl groups is 1. The number of rotatable bonds is 13. The first kappa shape index (κ1) is 36.3. The van der Waals surface area contributed by atoms with E-state index in [0.29, 0.717) is 55.3 Å². The van der Waals surface area contributed by atoms with Gasteiger partial charge in [0, 0.05) is 49.6 Å². The fraction of sp³-hybridized carbons (Fsp3) is 0.364. The van der Waals surface area contributed by atoms with Gasteiger partial charge in [0.15, 0.2) is 0 Å². The van der Waals surface area contributed by atoms with Crippen LogP contribution in [-0.2, 0) is 27.3 Å². The summed E-state index contributed by atoms with van der Waals surface area (Å²) < 4.78 is 11.8. The number of aryl methyl sites for hydroxylation is 1. The lowest BCUT2D eigenvalue weighted by Gasteiger charge is -2.35. The van der Waals surface area contributed by atoms with E-state index < -0.39 is 11.9 Å². The number of benzene rings is 4. The topological polar surface area (TPSA) is 146 Å². The fourth-order valence-corrected chi connectivity index (χ4v) is 8.73. The van der Waals surface area contributed by atoms with Gasteiger partial charge >= 0.3 is 0 Å². The van der Waals surface area contributed by atoms with E-state index in [1.807, 2.05) is 24.3 Å². The molecule has 0 spiro atoms. The molecular weight excluding hydrogens is 697 g/mol. The molecule has 1 saturated heterocycles. The summed E-state index contributed by atoms with van der Waals surface area (Å²) in [5.41, 5.74) is 6.97. The molecular formula is C44H46N4O7. The second-order valence-corrected chi connectivity index (χ2v) is 15.1. The number of Topliss-reactive ketones (excluding diaryl/α,β-unsaturated/α-hetero) is 1. The lowest BCUT2D eigenvalue weighted by Crippen LogP contribution is -2.52. The van der Waals surface area contributed by atoms with Crippen LogP contribution in [0.2, 0.25) is 0 Å². The molecule has 2 aliphatic carbocycles. The summed E-state index contributed by atoms with van der Waals surface area (Å²) in [7, 11) is 1.51. The van der Waals surface area contributed by atoms with Crippen LogP contribution in [0.3, 0.4) is 0 Å². The minimum Gasteiger partial charge on any atom is -0.508 e. The standard InChI is InChI=1S/C44H46N4O7/c1-54-39-23-31(19-30-25-48(44(53)42(30)39)37-15-16-40(51)47-43(37)52)46-18-17-45-24-38(50)29-21-34(22-29)55-33-11-7-27(8-12-33)41-35(26-5-3-2-4-6-26)13-9-28-20-32(49)10-14-36(28)41/h2-8,10-12,14,19-20,23,29,34-35,37,41,45-46,49H,9,13,15-18,21-22,24-25H2,1H3,(H,47,51,52)/t29?,34?,35-,37?,41+/m1/s1. The van der Waals surface area contributed by atoms with Crippen molar-refractivity contribution in [3.8, 4) is 17.2 Å². The Morgan fingerprint density at radius 1 is 0.891 bits per heavy atom. The number of methoxy groups -OCH3 is 1. The number of imide groups is 1. The highest BCUT2D eigenvalue weighted by Gasteiger charge is 2.41. The molecule has 2 heterocycles. The van der Waals surface area contributed by atoms with Gasteiger partial charge in [-0.05, 0) is 96.2 Å². The molecule has 3 atom stereocenters. The van der Waals surface area contributed by atoms with Crippen molar-refractivity contribution in [2.75, 3.05) is 32.1 Å². The van der Waals surface area contributed by atoms with Gasteiger partial charge in [-0.3, -0.25) is 24.5 Å². The third kappa shape index (κ3) is 7.53. The summed E-state index contributed by atoms with van der Waals surface area (Å²) in [6.07, 6.45) is 3.82. The zero-order valence-corrected chi connectivity index (χ0v) is 30.9. The number of fused-ring (bicyclic) bond motifs is 2. The Labute approximate surface area is 320 Å². The third-order valence-electron chi connectivity index (χ3n) is 11.6. The van der Waals surface area contributed by atoms with Gasteiger partial charge in [-0.15, -0.1) is 0 Å². The van der Waals surface area contributed by atoms with Crippen molar-refractivity contribution in [3.05, 3.63) is 118 Å². The van der Waals surface area contributed by atoms with Crippen LogP contribution in [0.5, 0.6) is 17.2 Å². The van der Waals surface area contributed by atoms with Gasteiger partial charge in [0.1, 0.15) is 35.2 Å². The molecule has 2 aliphatic heterocycles. The smallest absolute Gasteiger partial charge is 0.258 e. The van der Waals surface area contributed by atoms with Crippen LogP contribution >= 0.6 is 0 Å². The van der Waals surface area contributed by atoms with Crippen LogP contribution in [0, 0.1) is 5.92 Å². The maximum absolute atomic E-state index is 13.2. The third-order valence-corrected chi connectivity index (χ3v) is 11.6. The lowest BCUT2D eigenvalue weighted by atomic mass is 9.69. The molecule has 2 fully saturated rings. The van der Waals surface area contributed by atoms with Gasteiger partial charge in [0.05, 0.1) is 19.2 Å². The largest absolute Gasteiger partial charge is 0.508 e. The van der Waals surface area contributed by atoms with Crippen LogP contribution in [0.15, 0.2) is 84.9 Å². The van der Waals surface area contributed by atoms with E-state index in [1.54, 1.807) is 12.1 Å². The molecule has 11 nitrogen and oxygen atoms in total. The van der Waals surface area contributed by atoms with Crippen molar-refractivity contribution >= 4 is 29.2 Å². The number of anilines is 1. The molecule has 4 aromatic carbocycles. The Morgan fingerprint density at radius 3 is 2.45 bits per heavy atom. The second-order valence-electron chi connectivity index (χ2n) is 15.1. The highest BCUT2D eigenvalue weighted by atomic mass is 16.5. The molecule has 4 aliphatic rings. The SMILES string of the molecule is COc1cc(NCCNCC(=O)C2CC(Oc3ccc([C@@H]4c5ccc(O)cc5CC[C@@H]4c4ccccc4)cc3)C2)cc2c1C(=O)N(C1CCC(=O)NC1=O)C2. The highest BCUT2D eigenvalue weighted by Crippen LogP contribution is 2.47. The Morgan fingerprint density at radius 2 is 1.69 bits per heavy atom. The predicted molar refractivity (Wildman–Crippen MR) is 206 cm³/mol. The summed E-state index contributed by atoms with van der Waals surface area (Å²) in [5.74, 6) is 1.14. The van der Waals surface area contributed by atoms with E-state index >= 15 is 0 Å². The Kier molecular flexibility index (Phi) is 10.3. The molecule has 284 valence electrons. The number of nitrogens with zero attached hydrogens (tertiary/aromatic N) is 1. The number of amides is 3. The van der Waals surface area contributed by atoms with Crippen molar-refractivity contribution in [3.63, 3.8) is 0 Å². The van der Waals surface area contributed by atoms with Crippen molar-refractivity contribution < 1.29 is 33.8 Å². The van der Waals surface area contributed by atoms with E-state index in [1.165, 1.54) is 34.3 Å². The van der Waals surface area contributed by atoms with Crippen molar-refractivity contribution in [2.24, 2.45) is 5.92 Å². The summed E-state index contributed by atoms with van der Waals surface area (Å²) >= 11 is 0. The first-order chi connectivity index (χ1) is 26.7. The maximum atomic E-state index is 13.2. The van der Waals surface area contributed by atoms with Crippen LogP contribution in [0.4, 0.5) is 5.69 Å². The van der Waals surface area contributed by atoms with Gasteiger partial charge in [0.2, 0.25) is 11.8 Å². The minimum atomic E-state index is -0.693. The number of hydrogen-bond acceptors (Lipinski definition) is 9. The minimum absolute atomic E-state index is 0.00417. The van der Waals surface area contributed by atoms with Gasteiger partial charge in [-0.25, -0.2) is 0 Å². The number of hydrogen-bond donors (Lipinski definition) is 4. The average molecular weight is 743 g/mol. The molecule has 4 aromatic rings. The average Bonchev–Trinajstić information content (AvgIpc) is 3.50. The maximum Gasteiger partial charge on any atom is 0.258 e. The summed E-state index contributed by atoms with van der Waals surface area (Å²) in [6, 6.07) is 27.8. The summed E-state index contributed by atoms with van der Waals surface area (Å²) in [6.45, 7) is 1.64. The fourth-order valence-electron chi connectivity index (χ4n) is 8.73. The van der Waals surface area contributed by atoms with Gasteiger partial charge in [0.25, 0.3) is 5.91 Å². The monoisotopic (exact) mass is 742 g/mol. The number of nitrogens with one attached hydrogen (secondary N) is 3. The zero-order valence-electron chi connectivity index (χ0n) is 30.9.